The third-order valence-corrected chi connectivity index (χ3v) is 3.20. The third kappa shape index (κ3) is 2.19. The average molecular weight is 192 g/mol. The molecule has 0 aromatic rings. The Balaban J connectivity index is 2.68. The molecule has 0 amide bonds. The van der Waals surface area contributed by atoms with E-state index in [0.29, 0.717) is 0 Å². The van der Waals surface area contributed by atoms with E-state index in [0.717, 1.165) is 0 Å². The molecule has 0 aromatic carbocycles. The molecule has 1 aliphatic rings. The van der Waals surface area contributed by atoms with Gasteiger partial charge in [0.2, 0.25) is 5.92 Å². The minimum absolute atomic E-state index is 0.180. The maximum atomic E-state index is 12.8. The van der Waals surface area contributed by atoms with E-state index in [-0.39, 0.29) is 31.1 Å². The molecule has 0 bridgehead atoms. The van der Waals surface area contributed by atoms with E-state index in [2.05, 4.69) is 0 Å². The summed E-state index contributed by atoms with van der Waals surface area (Å²) in [6.07, 6.45) is 0.0640. The summed E-state index contributed by atoms with van der Waals surface area (Å²) in [7, 11) is 0. The Hall–Kier alpha value is -0.180. The predicted molar refractivity (Wildman–Crippen MR) is 47.8 cm³/mol. The molecule has 1 saturated carbocycles. The second kappa shape index (κ2) is 2.91. The lowest BCUT2D eigenvalue weighted by Gasteiger charge is -2.45. The Morgan fingerprint density at radius 1 is 1.00 bits per heavy atom. The standard InChI is InChI=1S/C10H18F2O/c1-8(2,3)9(13)4-6-10(11,12)7-5-9/h13H,4-7H2,1-3H3. The van der Waals surface area contributed by atoms with E-state index in [1.165, 1.54) is 0 Å². The van der Waals surface area contributed by atoms with Crippen molar-refractivity contribution in [2.24, 2.45) is 5.41 Å². The zero-order valence-corrected chi connectivity index (χ0v) is 8.53. The van der Waals surface area contributed by atoms with Crippen LogP contribution < -0.4 is 0 Å². The molecule has 78 valence electrons. The molecule has 0 heterocycles. The molecule has 13 heavy (non-hydrogen) atoms. The molecule has 1 fully saturated rings. The van der Waals surface area contributed by atoms with Gasteiger partial charge >= 0.3 is 0 Å². The summed E-state index contributed by atoms with van der Waals surface area (Å²) in [6, 6.07) is 0. The minimum Gasteiger partial charge on any atom is -0.389 e. The van der Waals surface area contributed by atoms with Crippen LogP contribution in [0.25, 0.3) is 0 Å². The Morgan fingerprint density at radius 3 is 1.69 bits per heavy atom. The van der Waals surface area contributed by atoms with Crippen LogP contribution in [-0.4, -0.2) is 16.6 Å². The lowest BCUT2D eigenvalue weighted by atomic mass is 9.67. The predicted octanol–water partition coefficient (Wildman–Crippen LogP) is 2.97. The lowest BCUT2D eigenvalue weighted by Crippen LogP contribution is -2.47. The summed E-state index contributed by atoms with van der Waals surface area (Å²) in [5.41, 5.74) is -1.21. The van der Waals surface area contributed by atoms with E-state index in [1.807, 2.05) is 20.8 Å². The molecule has 0 unspecified atom stereocenters. The van der Waals surface area contributed by atoms with Crippen LogP contribution in [-0.2, 0) is 0 Å². The van der Waals surface area contributed by atoms with Gasteiger partial charge < -0.3 is 5.11 Å². The van der Waals surface area contributed by atoms with Crippen LogP contribution in [0.1, 0.15) is 46.5 Å². The first-order chi connectivity index (χ1) is 5.66. The third-order valence-electron chi connectivity index (χ3n) is 3.20. The minimum atomic E-state index is -2.56. The summed E-state index contributed by atoms with van der Waals surface area (Å²) in [6.45, 7) is 5.70. The molecule has 1 rings (SSSR count). The second-order valence-electron chi connectivity index (χ2n) is 5.14. The van der Waals surface area contributed by atoms with Crippen LogP contribution in [0.3, 0.4) is 0 Å². The fraction of sp³-hybridized carbons (Fsp3) is 1.00. The van der Waals surface area contributed by atoms with Gasteiger partial charge in [0.05, 0.1) is 5.60 Å². The van der Waals surface area contributed by atoms with Crippen molar-refractivity contribution < 1.29 is 13.9 Å². The van der Waals surface area contributed by atoms with Crippen LogP contribution in [0.15, 0.2) is 0 Å². The highest BCUT2D eigenvalue weighted by molar-refractivity contribution is 4.96. The molecule has 1 nitrogen and oxygen atoms in total. The number of aliphatic hydroxyl groups is 1. The summed E-state index contributed by atoms with van der Waals surface area (Å²) in [4.78, 5) is 0. The Labute approximate surface area is 78.1 Å². The first kappa shape index (κ1) is 10.9. The topological polar surface area (TPSA) is 20.2 Å². The summed E-state index contributed by atoms with van der Waals surface area (Å²) >= 11 is 0. The first-order valence-electron chi connectivity index (χ1n) is 4.77. The van der Waals surface area contributed by atoms with Crippen molar-refractivity contribution in [1.29, 1.82) is 0 Å². The number of hydrogen-bond acceptors (Lipinski definition) is 1. The summed E-state index contributed by atoms with van der Waals surface area (Å²) in [5, 5.41) is 10.1. The van der Waals surface area contributed by atoms with Crippen molar-refractivity contribution >= 4 is 0 Å². The van der Waals surface area contributed by atoms with Gasteiger partial charge in [-0.2, -0.15) is 0 Å². The van der Waals surface area contributed by atoms with Gasteiger partial charge in [-0.15, -0.1) is 0 Å². The van der Waals surface area contributed by atoms with Crippen molar-refractivity contribution in [1.82, 2.24) is 0 Å². The molecule has 3 heteroatoms. The smallest absolute Gasteiger partial charge is 0.248 e. The highest BCUT2D eigenvalue weighted by Gasteiger charge is 2.48. The monoisotopic (exact) mass is 192 g/mol. The highest BCUT2D eigenvalue weighted by atomic mass is 19.3. The van der Waals surface area contributed by atoms with E-state index < -0.39 is 11.5 Å². The number of alkyl halides is 2. The molecule has 0 aliphatic heterocycles. The number of halogens is 2. The van der Waals surface area contributed by atoms with Crippen LogP contribution in [0, 0.1) is 5.41 Å². The zero-order chi connectivity index (χ0) is 10.3. The molecule has 0 aromatic heterocycles. The molecule has 0 spiro atoms. The molecule has 1 aliphatic carbocycles. The molecule has 1 N–H and O–H groups in total. The van der Waals surface area contributed by atoms with Gasteiger partial charge in [-0.1, -0.05) is 20.8 Å². The van der Waals surface area contributed by atoms with E-state index >= 15 is 0 Å². The van der Waals surface area contributed by atoms with Crippen LogP contribution in [0.4, 0.5) is 8.78 Å². The Morgan fingerprint density at radius 2 is 1.38 bits per heavy atom. The molecule has 0 radical (unpaired) electrons. The van der Waals surface area contributed by atoms with Gasteiger partial charge in [-0.3, -0.25) is 0 Å². The van der Waals surface area contributed by atoms with Crippen molar-refractivity contribution in [3.63, 3.8) is 0 Å². The highest BCUT2D eigenvalue weighted by Crippen LogP contribution is 2.46. The zero-order valence-electron chi connectivity index (χ0n) is 8.53. The van der Waals surface area contributed by atoms with Gasteiger partial charge in [0.15, 0.2) is 0 Å². The van der Waals surface area contributed by atoms with Crippen LogP contribution in [0.2, 0.25) is 0 Å². The molecular formula is C10H18F2O. The lowest BCUT2D eigenvalue weighted by molar-refractivity contribution is -0.145. The van der Waals surface area contributed by atoms with Gasteiger partial charge in [-0.25, -0.2) is 8.78 Å². The number of hydrogen-bond donors (Lipinski definition) is 1. The van der Waals surface area contributed by atoms with E-state index in [1.54, 1.807) is 0 Å². The fourth-order valence-electron chi connectivity index (χ4n) is 1.78. The van der Waals surface area contributed by atoms with Crippen LogP contribution >= 0.6 is 0 Å². The van der Waals surface area contributed by atoms with E-state index in [9.17, 15) is 13.9 Å². The SMILES string of the molecule is CC(C)(C)C1(O)CCC(F)(F)CC1. The first-order valence-corrected chi connectivity index (χ1v) is 4.77. The summed E-state index contributed by atoms with van der Waals surface area (Å²) in [5.74, 6) is -2.56. The Bertz CT molecular complexity index is 184. The second-order valence-corrected chi connectivity index (χ2v) is 5.14. The molecule has 0 atom stereocenters. The maximum absolute atomic E-state index is 12.8. The van der Waals surface area contributed by atoms with Crippen molar-refractivity contribution in [3.05, 3.63) is 0 Å². The quantitative estimate of drug-likeness (QED) is 0.625. The van der Waals surface area contributed by atoms with Gasteiger partial charge in [-0.05, 0) is 18.3 Å². The van der Waals surface area contributed by atoms with Crippen molar-refractivity contribution in [2.75, 3.05) is 0 Å². The fourth-order valence-corrected chi connectivity index (χ4v) is 1.78. The van der Waals surface area contributed by atoms with Crippen molar-refractivity contribution in [3.8, 4) is 0 Å². The normalized spacial score (nSPS) is 27.2. The molecule has 0 saturated heterocycles. The Kier molecular flexibility index (Phi) is 2.44. The van der Waals surface area contributed by atoms with Crippen LogP contribution in [0.5, 0.6) is 0 Å². The van der Waals surface area contributed by atoms with Gasteiger partial charge in [0.25, 0.3) is 0 Å². The maximum Gasteiger partial charge on any atom is 0.248 e. The van der Waals surface area contributed by atoms with E-state index in [4.69, 9.17) is 0 Å². The van der Waals surface area contributed by atoms with Gasteiger partial charge in [0.1, 0.15) is 0 Å². The number of rotatable bonds is 0. The largest absolute Gasteiger partial charge is 0.389 e. The van der Waals surface area contributed by atoms with Gasteiger partial charge in [0, 0.05) is 12.8 Å². The van der Waals surface area contributed by atoms with Crippen molar-refractivity contribution in [2.45, 2.75) is 58.0 Å². The summed E-state index contributed by atoms with van der Waals surface area (Å²) < 4.78 is 25.6. The molecular weight excluding hydrogens is 174 g/mol. The average Bonchev–Trinajstić information content (AvgIpc) is 1.94.